The minimum absolute atomic E-state index is 0.407. The van der Waals surface area contributed by atoms with E-state index in [1.807, 2.05) is 18.2 Å². The van der Waals surface area contributed by atoms with E-state index < -0.39 is 0 Å². The van der Waals surface area contributed by atoms with E-state index in [-0.39, 0.29) is 0 Å². The van der Waals surface area contributed by atoms with Crippen molar-refractivity contribution in [1.29, 1.82) is 0 Å². The van der Waals surface area contributed by atoms with Crippen LogP contribution < -0.4 is 0 Å². The van der Waals surface area contributed by atoms with Gasteiger partial charge < -0.3 is 9.67 Å². The lowest BCUT2D eigenvalue weighted by molar-refractivity contribution is 0.427. The summed E-state index contributed by atoms with van der Waals surface area (Å²) in [7, 11) is 0. The standard InChI is InChI=1S/C18H17NO/c1-12-6-7-13-8-9-17-15-4-2-3-5-16(15)18(20)19(17)11-14(13)10-12/h2-7,10,20H,8-9,11H2,1H3. The molecule has 1 aliphatic heterocycles. The molecule has 0 saturated heterocycles. The molecule has 3 aromatic rings. The maximum absolute atomic E-state index is 10.5. The lowest BCUT2D eigenvalue weighted by Gasteiger charge is -2.09. The largest absolute Gasteiger partial charge is 0.494 e. The first kappa shape index (κ1) is 11.6. The van der Waals surface area contributed by atoms with Crippen molar-refractivity contribution in [2.75, 3.05) is 0 Å². The van der Waals surface area contributed by atoms with Crippen LogP contribution >= 0.6 is 0 Å². The zero-order chi connectivity index (χ0) is 13.7. The molecule has 2 nitrogen and oxygen atoms in total. The number of rotatable bonds is 0. The summed E-state index contributed by atoms with van der Waals surface area (Å²) in [6, 6.07) is 14.8. The van der Waals surface area contributed by atoms with Crippen molar-refractivity contribution in [3.8, 4) is 5.88 Å². The molecular weight excluding hydrogens is 246 g/mol. The second kappa shape index (κ2) is 4.14. The second-order valence-electron chi connectivity index (χ2n) is 5.67. The molecule has 0 unspecified atom stereocenters. The van der Waals surface area contributed by atoms with Crippen molar-refractivity contribution in [1.82, 2.24) is 4.57 Å². The third kappa shape index (κ3) is 1.58. The highest BCUT2D eigenvalue weighted by molar-refractivity contribution is 5.91. The van der Waals surface area contributed by atoms with E-state index in [4.69, 9.17) is 0 Å². The van der Waals surface area contributed by atoms with Gasteiger partial charge >= 0.3 is 0 Å². The fourth-order valence-corrected chi connectivity index (χ4v) is 3.36. The Morgan fingerprint density at radius 1 is 0.950 bits per heavy atom. The molecule has 1 aliphatic rings. The first-order valence-corrected chi connectivity index (χ1v) is 7.11. The molecule has 0 bridgehead atoms. The van der Waals surface area contributed by atoms with Crippen LogP contribution in [0, 0.1) is 6.92 Å². The normalized spacial score (nSPS) is 13.8. The molecule has 0 amide bonds. The van der Waals surface area contributed by atoms with Gasteiger partial charge in [0.15, 0.2) is 5.88 Å². The Hall–Kier alpha value is -2.22. The number of fused-ring (bicyclic) bond motifs is 4. The molecule has 0 fully saturated rings. The molecule has 2 heteroatoms. The Morgan fingerprint density at radius 2 is 1.75 bits per heavy atom. The molecule has 20 heavy (non-hydrogen) atoms. The van der Waals surface area contributed by atoms with E-state index in [0.717, 1.165) is 24.8 Å². The molecule has 2 aromatic carbocycles. The van der Waals surface area contributed by atoms with E-state index in [9.17, 15) is 5.11 Å². The average molecular weight is 263 g/mol. The van der Waals surface area contributed by atoms with E-state index in [2.05, 4.69) is 35.8 Å². The number of hydrogen-bond donors (Lipinski definition) is 1. The summed E-state index contributed by atoms with van der Waals surface area (Å²) >= 11 is 0. The smallest absolute Gasteiger partial charge is 0.199 e. The van der Waals surface area contributed by atoms with Gasteiger partial charge in [0, 0.05) is 16.5 Å². The average Bonchev–Trinajstić information content (AvgIpc) is 2.62. The summed E-state index contributed by atoms with van der Waals surface area (Å²) in [5.74, 6) is 0.407. The fourth-order valence-electron chi connectivity index (χ4n) is 3.36. The van der Waals surface area contributed by atoms with Crippen molar-refractivity contribution >= 4 is 10.8 Å². The Morgan fingerprint density at radius 3 is 2.60 bits per heavy atom. The molecule has 0 atom stereocenters. The third-order valence-corrected chi connectivity index (χ3v) is 4.38. The van der Waals surface area contributed by atoms with Gasteiger partial charge in [-0.05, 0) is 37.0 Å². The molecule has 100 valence electrons. The van der Waals surface area contributed by atoms with Gasteiger partial charge in [0.1, 0.15) is 0 Å². The van der Waals surface area contributed by atoms with Crippen molar-refractivity contribution in [2.24, 2.45) is 0 Å². The predicted octanol–water partition coefficient (Wildman–Crippen LogP) is 3.80. The molecule has 1 N–H and O–H groups in total. The maximum atomic E-state index is 10.5. The number of benzene rings is 2. The van der Waals surface area contributed by atoms with Crippen LogP contribution in [0.5, 0.6) is 5.88 Å². The highest BCUT2D eigenvalue weighted by atomic mass is 16.3. The van der Waals surface area contributed by atoms with Crippen LogP contribution in [0.15, 0.2) is 42.5 Å². The molecule has 0 saturated carbocycles. The zero-order valence-electron chi connectivity index (χ0n) is 11.6. The van der Waals surface area contributed by atoms with E-state index >= 15 is 0 Å². The van der Waals surface area contributed by atoms with E-state index in [0.29, 0.717) is 5.88 Å². The Labute approximate surface area is 118 Å². The molecule has 4 rings (SSSR count). The van der Waals surface area contributed by atoms with Gasteiger partial charge in [0.05, 0.1) is 6.54 Å². The maximum Gasteiger partial charge on any atom is 0.199 e. The first-order valence-electron chi connectivity index (χ1n) is 7.11. The monoisotopic (exact) mass is 263 g/mol. The Balaban J connectivity index is 1.96. The van der Waals surface area contributed by atoms with Gasteiger partial charge in [0.25, 0.3) is 0 Å². The van der Waals surface area contributed by atoms with E-state index in [1.54, 1.807) is 0 Å². The summed E-state index contributed by atoms with van der Waals surface area (Å²) in [6.07, 6.45) is 2.03. The van der Waals surface area contributed by atoms with Crippen molar-refractivity contribution in [3.63, 3.8) is 0 Å². The molecular formula is C18H17NO. The Bertz CT molecular complexity index is 814. The number of aromatic nitrogens is 1. The number of aryl methyl sites for hydroxylation is 3. The van der Waals surface area contributed by atoms with Crippen LogP contribution in [-0.2, 0) is 19.4 Å². The zero-order valence-corrected chi connectivity index (χ0v) is 11.6. The third-order valence-electron chi connectivity index (χ3n) is 4.38. The number of aromatic hydroxyl groups is 1. The van der Waals surface area contributed by atoms with Gasteiger partial charge in [-0.15, -0.1) is 0 Å². The fraction of sp³-hybridized carbons (Fsp3) is 0.222. The summed E-state index contributed by atoms with van der Waals surface area (Å²) in [4.78, 5) is 0. The van der Waals surface area contributed by atoms with Crippen LogP contribution in [-0.4, -0.2) is 9.67 Å². The van der Waals surface area contributed by atoms with Gasteiger partial charge in [-0.3, -0.25) is 0 Å². The van der Waals surface area contributed by atoms with Gasteiger partial charge in [-0.1, -0.05) is 42.0 Å². The van der Waals surface area contributed by atoms with Crippen LogP contribution in [0.2, 0.25) is 0 Å². The highest BCUT2D eigenvalue weighted by Crippen LogP contribution is 2.35. The van der Waals surface area contributed by atoms with Gasteiger partial charge in [-0.25, -0.2) is 0 Å². The van der Waals surface area contributed by atoms with Crippen LogP contribution in [0.1, 0.15) is 22.4 Å². The molecule has 0 aliphatic carbocycles. The Kier molecular flexibility index (Phi) is 2.40. The minimum atomic E-state index is 0.407. The van der Waals surface area contributed by atoms with Crippen LogP contribution in [0.25, 0.3) is 10.8 Å². The summed E-state index contributed by atoms with van der Waals surface area (Å²) < 4.78 is 2.08. The molecule has 2 heterocycles. The lowest BCUT2D eigenvalue weighted by atomic mass is 10.0. The van der Waals surface area contributed by atoms with Crippen LogP contribution in [0.3, 0.4) is 0 Å². The highest BCUT2D eigenvalue weighted by Gasteiger charge is 2.20. The summed E-state index contributed by atoms with van der Waals surface area (Å²) in [5.41, 5.74) is 5.28. The second-order valence-corrected chi connectivity index (χ2v) is 5.67. The quantitative estimate of drug-likeness (QED) is 0.655. The summed E-state index contributed by atoms with van der Waals surface area (Å²) in [5, 5.41) is 12.7. The van der Waals surface area contributed by atoms with Crippen molar-refractivity contribution in [3.05, 3.63) is 64.8 Å². The van der Waals surface area contributed by atoms with Gasteiger partial charge in [0.2, 0.25) is 0 Å². The lowest BCUT2D eigenvalue weighted by Crippen LogP contribution is -2.01. The SMILES string of the molecule is Cc1ccc2c(c1)Cn1c(O)c3ccccc3c1CC2. The van der Waals surface area contributed by atoms with E-state index in [1.165, 1.54) is 27.8 Å². The first-order chi connectivity index (χ1) is 9.74. The summed E-state index contributed by atoms with van der Waals surface area (Å²) in [6.45, 7) is 2.89. The number of nitrogens with zero attached hydrogens (tertiary/aromatic N) is 1. The van der Waals surface area contributed by atoms with Crippen molar-refractivity contribution < 1.29 is 5.11 Å². The topological polar surface area (TPSA) is 25.2 Å². The minimum Gasteiger partial charge on any atom is -0.494 e. The predicted molar refractivity (Wildman–Crippen MR) is 81.3 cm³/mol. The number of hydrogen-bond acceptors (Lipinski definition) is 1. The molecule has 1 aromatic heterocycles. The molecule has 0 radical (unpaired) electrons. The van der Waals surface area contributed by atoms with Crippen LogP contribution in [0.4, 0.5) is 0 Å². The molecule has 0 spiro atoms. The van der Waals surface area contributed by atoms with Gasteiger partial charge in [-0.2, -0.15) is 0 Å². The van der Waals surface area contributed by atoms with Crippen molar-refractivity contribution in [2.45, 2.75) is 26.3 Å².